The summed E-state index contributed by atoms with van der Waals surface area (Å²) in [6.45, 7) is -6.41. The van der Waals surface area contributed by atoms with E-state index in [9.17, 15) is 43.4 Å². The van der Waals surface area contributed by atoms with Crippen LogP contribution < -0.4 is 101 Å². The fraction of sp³-hybridized carbons (Fsp3) is 0.500. The van der Waals surface area contributed by atoms with Crippen molar-refractivity contribution in [1.29, 1.82) is 0 Å². The summed E-state index contributed by atoms with van der Waals surface area (Å²) in [7, 11) is -11.7. The Morgan fingerprint density at radius 1 is 1.11 bits per heavy atom. The smallest absolute Gasteiger partial charge is 0.797 e. The average Bonchev–Trinajstić information content (AvgIpc) is 3.12. The van der Waals surface area contributed by atoms with E-state index < -0.39 is 59.1 Å². The second-order valence-corrected chi connectivity index (χ2v) is 11.7. The summed E-state index contributed by atoms with van der Waals surface area (Å²) in [6, 6.07) is 0. The number of hydrogen-bond donors (Lipinski definition) is 4. The number of aliphatic hydroxyl groups is 2. The van der Waals surface area contributed by atoms with Crippen LogP contribution in [0.5, 0.6) is 0 Å². The Kier molecular flexibility index (Phi) is 16.1. The summed E-state index contributed by atoms with van der Waals surface area (Å²) in [6.07, 6.45) is -5.46. The van der Waals surface area contributed by atoms with Crippen LogP contribution in [-0.4, -0.2) is 54.7 Å². The third-order valence-corrected chi connectivity index (χ3v) is 8.12. The van der Waals surface area contributed by atoms with Crippen molar-refractivity contribution in [3.8, 4) is 0 Å². The zero-order valence-corrected chi connectivity index (χ0v) is 22.6. The minimum Gasteiger partial charge on any atom is -0.797 e. The summed E-state index contributed by atoms with van der Waals surface area (Å²) < 4.78 is 51.2. The van der Waals surface area contributed by atoms with Gasteiger partial charge >= 0.3 is 75.4 Å². The predicted octanol–water partition coefficient (Wildman–Crippen LogP) is -15.7. The van der Waals surface area contributed by atoms with Gasteiger partial charge in [-0.3, -0.25) is 27.8 Å². The zero-order valence-electron chi connectivity index (χ0n) is 19.1. The molecule has 3 heterocycles. The Morgan fingerprint density at radius 3 is 2.25 bits per heavy atom. The molecule has 1 aliphatic heterocycles. The van der Waals surface area contributed by atoms with E-state index in [1.807, 2.05) is 0 Å². The number of nitrogens with zero attached hydrogens (tertiary/aromatic N) is 3. The van der Waals surface area contributed by atoms with Crippen molar-refractivity contribution in [2.45, 2.75) is 24.5 Å². The number of ether oxygens (including phenoxy) is 1. The van der Waals surface area contributed by atoms with Gasteiger partial charge in [-0.1, -0.05) is 0 Å². The summed E-state index contributed by atoms with van der Waals surface area (Å²) in [4.78, 5) is 55.3. The first kappa shape index (κ1) is 39.4. The van der Waals surface area contributed by atoms with Gasteiger partial charge in [0.25, 0.3) is 21.2 Å². The van der Waals surface area contributed by atoms with E-state index in [0.29, 0.717) is 0 Å². The maximum atomic E-state index is 11.8. The van der Waals surface area contributed by atoms with Crippen molar-refractivity contribution in [3.05, 3.63) is 16.7 Å². The molecule has 0 saturated carbocycles. The third kappa shape index (κ3) is 10.00. The van der Waals surface area contributed by atoms with Gasteiger partial charge in [0, 0.05) is 6.80 Å². The quantitative estimate of drug-likeness (QED) is 0.132. The Bertz CT molecular complexity index is 1230. The van der Waals surface area contributed by atoms with Crippen LogP contribution in [0.1, 0.15) is 6.23 Å². The van der Waals surface area contributed by atoms with E-state index in [0.717, 1.165) is 10.9 Å². The number of phosphoric acid groups is 2. The average molecular weight is 563 g/mol. The number of fused-ring (bicyclic) bond motifs is 1. The first-order chi connectivity index (χ1) is 14.6. The Labute approximate surface area is 255 Å². The number of anilines is 1. The van der Waals surface area contributed by atoms with Crippen LogP contribution in [0.4, 0.5) is 5.95 Å². The summed E-state index contributed by atoms with van der Waals surface area (Å²) in [5.41, 5.74) is 4.46. The Morgan fingerprint density at radius 2 is 1.69 bits per heavy atom. The molecule has 1 fully saturated rings. The number of nitrogen functional groups attached to an aromatic ring is 1. The first-order valence-electron chi connectivity index (χ1n) is 8.04. The van der Waals surface area contributed by atoms with Gasteiger partial charge in [-0.05, 0) is 0 Å². The molecule has 0 spiro atoms. The molecule has 3 rings (SSSR count). The summed E-state index contributed by atoms with van der Waals surface area (Å²) in [5.74, 6) is -0.285. The minimum atomic E-state index is -5.96. The zero-order chi connectivity index (χ0) is 24.1. The molecule has 36 heavy (non-hydrogen) atoms. The SMILES string of the molecule is Nc1nc2c(ncn2C2OC(COP(=O)([O-])OP(=O)([O-])OP(=O)([O-])[S-])C(O)C2O)c(=O)[nH]1.[Li+].[Li+].[Li+].[Li+]. The molecule has 2 aromatic heterocycles. The molecular formula is C10H12Li4N5O13P3S. The molecule has 1 aliphatic rings. The van der Waals surface area contributed by atoms with E-state index in [1.54, 1.807) is 0 Å². The molecule has 180 valence electrons. The van der Waals surface area contributed by atoms with Crippen molar-refractivity contribution >= 4 is 51.8 Å². The molecule has 0 aliphatic carbocycles. The van der Waals surface area contributed by atoms with Crippen LogP contribution in [0.15, 0.2) is 11.1 Å². The van der Waals surface area contributed by atoms with Gasteiger partial charge in [0.1, 0.15) is 18.3 Å². The van der Waals surface area contributed by atoms with Crippen LogP contribution in [-0.2, 0) is 43.8 Å². The Balaban J connectivity index is 0. The summed E-state index contributed by atoms with van der Waals surface area (Å²) in [5, 5.41) is 20.4. The number of aromatic amines is 1. The second kappa shape index (κ2) is 14.7. The number of aliphatic hydroxyl groups excluding tert-OH is 2. The molecular weight excluding hydrogens is 551 g/mol. The van der Waals surface area contributed by atoms with Crippen molar-refractivity contribution in [2.24, 2.45) is 0 Å². The van der Waals surface area contributed by atoms with E-state index >= 15 is 0 Å². The fourth-order valence-corrected chi connectivity index (χ4v) is 6.27. The topological polar surface area (TPSA) is 287 Å². The second-order valence-electron chi connectivity index (χ2n) is 6.12. The number of imidazole rings is 1. The number of nitrogens with one attached hydrogen (secondary N) is 1. The standard InChI is InChI=1S/C10H16N5O13P3S.4Li/c11-10-13-7-4(8(18)14-10)12-2-15(7)9-6(17)5(16)3(26-9)1-25-29(19,20)27-30(21,22)28-31(23,24)32;;;;/h2-3,5-6,9,16-17H,1H2,(H,19,20)(H,21,22)(H2,23,24,32)(H3,11,13,14,18);;;;/q;4*+1/p-4. The first-order valence-corrected chi connectivity index (χ1v) is 13.5. The largest absolute Gasteiger partial charge is 1.00 e. The van der Waals surface area contributed by atoms with E-state index in [4.69, 9.17) is 10.5 Å². The van der Waals surface area contributed by atoms with Crippen LogP contribution >= 0.6 is 22.4 Å². The van der Waals surface area contributed by atoms with Crippen LogP contribution in [0.3, 0.4) is 0 Å². The molecule has 0 bridgehead atoms. The molecule has 1 saturated heterocycles. The fourth-order valence-electron chi connectivity index (χ4n) is 2.67. The van der Waals surface area contributed by atoms with E-state index in [1.165, 1.54) is 0 Å². The molecule has 5 N–H and O–H groups in total. The maximum Gasteiger partial charge on any atom is 1.00 e. The van der Waals surface area contributed by atoms with Crippen LogP contribution in [0.2, 0.25) is 0 Å². The van der Waals surface area contributed by atoms with Gasteiger partial charge in [0.05, 0.1) is 12.9 Å². The molecule has 0 aromatic carbocycles. The predicted molar refractivity (Wildman–Crippen MR) is 96.8 cm³/mol. The maximum absolute atomic E-state index is 11.8. The van der Waals surface area contributed by atoms with Gasteiger partial charge in [-0.2, -0.15) is 4.98 Å². The molecule has 7 atom stereocenters. The number of H-pyrrole nitrogens is 1. The number of rotatable bonds is 8. The molecule has 7 unspecified atom stereocenters. The number of phosphoric ester groups is 1. The van der Waals surface area contributed by atoms with Gasteiger partial charge in [0.2, 0.25) is 5.95 Å². The normalized spacial score (nSPS) is 26.2. The van der Waals surface area contributed by atoms with Gasteiger partial charge in [0.15, 0.2) is 17.4 Å². The molecule has 26 heteroatoms. The molecule has 2 aromatic rings. The van der Waals surface area contributed by atoms with Crippen LogP contribution in [0.25, 0.3) is 11.2 Å². The Hall–Kier alpha value is 1.22. The van der Waals surface area contributed by atoms with Gasteiger partial charge < -0.3 is 56.7 Å². The number of aromatic nitrogens is 4. The molecule has 18 nitrogen and oxygen atoms in total. The molecule has 0 amide bonds. The van der Waals surface area contributed by atoms with Crippen molar-refractivity contribution < 1.29 is 132 Å². The molecule has 0 radical (unpaired) electrons. The van der Waals surface area contributed by atoms with Crippen LogP contribution in [0, 0.1) is 0 Å². The minimum absolute atomic E-state index is 0. The van der Waals surface area contributed by atoms with E-state index in [2.05, 4.69) is 40.3 Å². The van der Waals surface area contributed by atoms with Gasteiger partial charge in [-0.15, -0.1) is 0 Å². The van der Waals surface area contributed by atoms with Gasteiger partial charge in [-0.25, -0.2) is 9.29 Å². The van der Waals surface area contributed by atoms with Crippen molar-refractivity contribution in [1.82, 2.24) is 19.5 Å². The van der Waals surface area contributed by atoms with E-state index in [-0.39, 0.29) is 92.6 Å². The van der Waals surface area contributed by atoms with Crippen molar-refractivity contribution in [2.75, 3.05) is 12.3 Å². The summed E-state index contributed by atoms with van der Waals surface area (Å²) >= 11 is 3.67. The number of nitrogens with two attached hydrogens (primary N) is 1. The number of hydrogen-bond acceptors (Lipinski definition) is 17. The van der Waals surface area contributed by atoms with Crippen molar-refractivity contribution in [3.63, 3.8) is 0 Å². The monoisotopic (exact) mass is 563 g/mol. The third-order valence-electron chi connectivity index (χ3n) is 3.86.